The van der Waals surface area contributed by atoms with Gasteiger partial charge in [0.25, 0.3) is 0 Å². The lowest BCUT2D eigenvalue weighted by molar-refractivity contribution is -0.142. The van der Waals surface area contributed by atoms with Crippen LogP contribution in [0.4, 0.5) is 0 Å². The summed E-state index contributed by atoms with van der Waals surface area (Å²) in [6, 6.07) is 7.88. The molecular weight excluding hydrogens is 268 g/mol. The maximum absolute atomic E-state index is 11.2. The van der Waals surface area contributed by atoms with Gasteiger partial charge in [0.15, 0.2) is 0 Å². The molecule has 16 heavy (non-hydrogen) atoms. The van der Waals surface area contributed by atoms with Gasteiger partial charge in [-0.1, -0.05) is 48.3 Å². The first-order chi connectivity index (χ1) is 7.56. The molecule has 0 aliphatic heterocycles. The number of carbonyl (C=O) groups is 1. The number of carboxylic acid groups (broad SMARTS) is 1. The normalized spacial score (nSPS) is 14.4. The molecule has 0 fully saturated rings. The minimum absolute atomic E-state index is 0.0607. The summed E-state index contributed by atoms with van der Waals surface area (Å²) >= 11 is 3.37. The Kier molecular flexibility index (Phi) is 5.00. The number of hydrogen-bond acceptors (Lipinski definition) is 1. The van der Waals surface area contributed by atoms with Crippen molar-refractivity contribution in [1.82, 2.24) is 0 Å². The van der Waals surface area contributed by atoms with Crippen molar-refractivity contribution < 1.29 is 9.90 Å². The number of rotatable bonds is 5. The minimum Gasteiger partial charge on any atom is -0.481 e. The van der Waals surface area contributed by atoms with Crippen molar-refractivity contribution in [1.29, 1.82) is 0 Å². The Balaban J connectivity index is 2.85. The molecule has 0 bridgehead atoms. The van der Waals surface area contributed by atoms with Crippen molar-refractivity contribution in [3.63, 3.8) is 0 Å². The fourth-order valence-electron chi connectivity index (χ4n) is 1.90. The Morgan fingerprint density at radius 2 is 1.94 bits per heavy atom. The zero-order chi connectivity index (χ0) is 12.1. The number of aliphatic carboxylic acids is 1. The first-order valence-electron chi connectivity index (χ1n) is 5.54. The number of benzene rings is 1. The Morgan fingerprint density at radius 3 is 2.38 bits per heavy atom. The quantitative estimate of drug-likeness (QED) is 0.886. The molecule has 1 aromatic carbocycles. The monoisotopic (exact) mass is 284 g/mol. The van der Waals surface area contributed by atoms with Gasteiger partial charge in [-0.05, 0) is 30.0 Å². The van der Waals surface area contributed by atoms with E-state index in [-0.39, 0.29) is 11.8 Å². The molecule has 0 saturated carbocycles. The van der Waals surface area contributed by atoms with E-state index in [1.165, 1.54) is 0 Å². The van der Waals surface area contributed by atoms with Gasteiger partial charge in [-0.15, -0.1) is 0 Å². The predicted octanol–water partition coefficient (Wildman–Crippen LogP) is 4.05. The van der Waals surface area contributed by atoms with Crippen LogP contribution in [-0.2, 0) is 4.79 Å². The number of hydrogen-bond donors (Lipinski definition) is 1. The van der Waals surface area contributed by atoms with Gasteiger partial charge in [0.2, 0.25) is 0 Å². The van der Waals surface area contributed by atoms with Crippen molar-refractivity contribution in [3.05, 3.63) is 34.3 Å². The van der Waals surface area contributed by atoms with Crippen molar-refractivity contribution in [2.24, 2.45) is 5.92 Å². The molecule has 0 aliphatic carbocycles. The van der Waals surface area contributed by atoms with Gasteiger partial charge in [-0.25, -0.2) is 0 Å². The highest BCUT2D eigenvalue weighted by molar-refractivity contribution is 9.10. The Hall–Kier alpha value is -0.830. The summed E-state index contributed by atoms with van der Waals surface area (Å²) in [6.45, 7) is 4.00. The van der Waals surface area contributed by atoms with Crippen molar-refractivity contribution in [2.45, 2.75) is 32.6 Å². The third-order valence-corrected chi connectivity index (χ3v) is 3.44. The maximum atomic E-state index is 11.2. The summed E-state index contributed by atoms with van der Waals surface area (Å²) in [7, 11) is 0. The van der Waals surface area contributed by atoms with Gasteiger partial charge in [0, 0.05) is 4.47 Å². The molecule has 2 unspecified atom stereocenters. The van der Waals surface area contributed by atoms with Crippen LogP contribution in [0.15, 0.2) is 28.7 Å². The lowest BCUT2D eigenvalue weighted by Gasteiger charge is -2.20. The molecule has 0 amide bonds. The number of halogens is 1. The molecule has 1 aromatic rings. The Bertz CT molecular complexity index is 345. The standard InChI is InChI=1S/C13H17BrO2/c1-3-4-12(13(15)16)9(2)10-5-7-11(14)8-6-10/h5-9,12H,3-4H2,1-2H3,(H,15,16). The maximum Gasteiger partial charge on any atom is 0.307 e. The molecule has 0 spiro atoms. The fourth-order valence-corrected chi connectivity index (χ4v) is 2.16. The molecule has 0 aliphatic rings. The van der Waals surface area contributed by atoms with Crippen LogP contribution in [0.25, 0.3) is 0 Å². The zero-order valence-corrected chi connectivity index (χ0v) is 11.2. The van der Waals surface area contributed by atoms with Crippen molar-refractivity contribution in [3.8, 4) is 0 Å². The largest absolute Gasteiger partial charge is 0.481 e. The molecule has 2 nitrogen and oxygen atoms in total. The van der Waals surface area contributed by atoms with Crippen molar-refractivity contribution in [2.75, 3.05) is 0 Å². The summed E-state index contributed by atoms with van der Waals surface area (Å²) in [5.41, 5.74) is 1.09. The van der Waals surface area contributed by atoms with E-state index in [2.05, 4.69) is 15.9 Å². The second-order valence-electron chi connectivity index (χ2n) is 4.07. The zero-order valence-electron chi connectivity index (χ0n) is 9.61. The second-order valence-corrected chi connectivity index (χ2v) is 4.99. The van der Waals surface area contributed by atoms with Crippen LogP contribution in [0.3, 0.4) is 0 Å². The average molecular weight is 285 g/mol. The number of carboxylic acids is 1. The molecule has 0 radical (unpaired) electrons. The van der Waals surface area contributed by atoms with Crippen LogP contribution in [0.1, 0.15) is 38.2 Å². The van der Waals surface area contributed by atoms with Crippen molar-refractivity contribution >= 4 is 21.9 Å². The summed E-state index contributed by atoms with van der Waals surface area (Å²) in [5, 5.41) is 9.18. The molecule has 1 rings (SSSR count). The van der Waals surface area contributed by atoms with Gasteiger partial charge in [0.1, 0.15) is 0 Å². The molecular formula is C13H17BrO2. The van der Waals surface area contributed by atoms with Gasteiger partial charge < -0.3 is 5.11 Å². The van der Waals surface area contributed by atoms with Crippen LogP contribution in [-0.4, -0.2) is 11.1 Å². The Morgan fingerprint density at radius 1 is 1.38 bits per heavy atom. The lowest BCUT2D eigenvalue weighted by atomic mass is 9.85. The van der Waals surface area contributed by atoms with E-state index in [1.54, 1.807) is 0 Å². The molecule has 1 N–H and O–H groups in total. The first kappa shape index (κ1) is 13.2. The summed E-state index contributed by atoms with van der Waals surface area (Å²) < 4.78 is 1.02. The average Bonchev–Trinajstić information content (AvgIpc) is 2.25. The van der Waals surface area contributed by atoms with E-state index < -0.39 is 5.97 Å². The van der Waals surface area contributed by atoms with Gasteiger partial charge in [0.05, 0.1) is 5.92 Å². The molecule has 0 saturated heterocycles. The van der Waals surface area contributed by atoms with Crippen LogP contribution >= 0.6 is 15.9 Å². The van der Waals surface area contributed by atoms with E-state index in [4.69, 9.17) is 0 Å². The summed E-state index contributed by atoms with van der Waals surface area (Å²) in [6.07, 6.45) is 1.63. The highest BCUT2D eigenvalue weighted by atomic mass is 79.9. The third kappa shape index (κ3) is 3.34. The summed E-state index contributed by atoms with van der Waals surface area (Å²) in [4.78, 5) is 11.2. The van der Waals surface area contributed by atoms with Gasteiger partial charge >= 0.3 is 5.97 Å². The second kappa shape index (κ2) is 6.04. The van der Waals surface area contributed by atoms with E-state index in [0.717, 1.165) is 22.9 Å². The highest BCUT2D eigenvalue weighted by Gasteiger charge is 2.24. The van der Waals surface area contributed by atoms with E-state index >= 15 is 0 Å². The van der Waals surface area contributed by atoms with Crippen LogP contribution in [0.5, 0.6) is 0 Å². The van der Waals surface area contributed by atoms with Gasteiger partial charge in [-0.3, -0.25) is 4.79 Å². The molecule has 88 valence electrons. The summed E-state index contributed by atoms with van der Waals surface area (Å²) in [5.74, 6) is -0.922. The lowest BCUT2D eigenvalue weighted by Crippen LogP contribution is -2.20. The van der Waals surface area contributed by atoms with Crippen LogP contribution < -0.4 is 0 Å². The van der Waals surface area contributed by atoms with Crippen LogP contribution in [0, 0.1) is 5.92 Å². The molecule has 2 atom stereocenters. The molecule has 3 heteroatoms. The van der Waals surface area contributed by atoms with Crippen LogP contribution in [0.2, 0.25) is 0 Å². The van der Waals surface area contributed by atoms with Gasteiger partial charge in [-0.2, -0.15) is 0 Å². The predicted molar refractivity (Wildman–Crippen MR) is 68.6 cm³/mol. The smallest absolute Gasteiger partial charge is 0.307 e. The minimum atomic E-state index is -0.697. The highest BCUT2D eigenvalue weighted by Crippen LogP contribution is 2.28. The first-order valence-corrected chi connectivity index (χ1v) is 6.33. The van der Waals surface area contributed by atoms with E-state index in [0.29, 0.717) is 0 Å². The fraction of sp³-hybridized carbons (Fsp3) is 0.462. The van der Waals surface area contributed by atoms with E-state index in [9.17, 15) is 9.90 Å². The SMILES string of the molecule is CCCC(C(=O)O)C(C)c1ccc(Br)cc1. The molecule has 0 aromatic heterocycles. The Labute approximate surface area is 105 Å². The topological polar surface area (TPSA) is 37.3 Å². The third-order valence-electron chi connectivity index (χ3n) is 2.92. The van der Waals surface area contributed by atoms with E-state index in [1.807, 2.05) is 38.1 Å². The molecule has 0 heterocycles.